The molecule has 0 fully saturated rings. The molecule has 3 aromatic rings. The first-order chi connectivity index (χ1) is 13.3. The van der Waals surface area contributed by atoms with Crippen molar-refractivity contribution >= 4 is 21.6 Å². The van der Waals surface area contributed by atoms with Gasteiger partial charge in [-0.05, 0) is 24.6 Å². The number of sulfonamides is 1. The largest absolute Gasteiger partial charge is 0.345 e. The number of rotatable bonds is 7. The van der Waals surface area contributed by atoms with E-state index in [9.17, 15) is 13.2 Å². The van der Waals surface area contributed by atoms with Gasteiger partial charge in [-0.15, -0.1) is 0 Å². The number of aromatic nitrogens is 2. The number of hydrogen-bond acceptors (Lipinski definition) is 6. The molecule has 0 aliphatic heterocycles. The first kappa shape index (κ1) is 19.6. The van der Waals surface area contributed by atoms with Gasteiger partial charge in [-0.2, -0.15) is 4.98 Å². The Kier molecular flexibility index (Phi) is 5.74. The molecule has 0 spiro atoms. The van der Waals surface area contributed by atoms with Crippen LogP contribution in [0.4, 0.5) is 5.69 Å². The highest BCUT2D eigenvalue weighted by molar-refractivity contribution is 7.92. The second kappa shape index (κ2) is 8.22. The van der Waals surface area contributed by atoms with E-state index in [0.29, 0.717) is 11.5 Å². The second-order valence-electron chi connectivity index (χ2n) is 6.26. The number of nitrogens with zero attached hydrogens (tertiary/aromatic N) is 3. The highest BCUT2D eigenvalue weighted by Gasteiger charge is 2.21. The van der Waals surface area contributed by atoms with Gasteiger partial charge in [0.05, 0.1) is 18.5 Å². The second-order valence-corrected chi connectivity index (χ2v) is 8.17. The summed E-state index contributed by atoms with van der Waals surface area (Å²) >= 11 is 0. The van der Waals surface area contributed by atoms with Gasteiger partial charge >= 0.3 is 0 Å². The Morgan fingerprint density at radius 1 is 1.14 bits per heavy atom. The average Bonchev–Trinajstić information content (AvgIpc) is 3.13. The van der Waals surface area contributed by atoms with E-state index in [4.69, 9.17) is 4.52 Å². The number of hydrogen-bond donors (Lipinski definition) is 1. The highest BCUT2D eigenvalue weighted by atomic mass is 32.2. The van der Waals surface area contributed by atoms with Gasteiger partial charge in [0.25, 0.3) is 0 Å². The van der Waals surface area contributed by atoms with Crippen molar-refractivity contribution < 1.29 is 17.7 Å². The van der Waals surface area contributed by atoms with Gasteiger partial charge in [-0.25, -0.2) is 8.42 Å². The van der Waals surface area contributed by atoms with Crippen molar-refractivity contribution in [3.05, 3.63) is 66.1 Å². The SMILES string of the molecule is Cc1cccc(N(CC(=O)NCc2nc(-c3ccccc3)no2)S(C)(=O)=O)c1. The summed E-state index contributed by atoms with van der Waals surface area (Å²) in [6, 6.07) is 16.2. The minimum absolute atomic E-state index is 0.00405. The number of anilines is 1. The fraction of sp³-hybridized carbons (Fsp3) is 0.211. The highest BCUT2D eigenvalue weighted by Crippen LogP contribution is 2.18. The molecule has 0 saturated carbocycles. The van der Waals surface area contributed by atoms with Crippen LogP contribution in [-0.2, 0) is 21.4 Å². The summed E-state index contributed by atoms with van der Waals surface area (Å²) in [6.45, 7) is 1.51. The maximum atomic E-state index is 12.3. The summed E-state index contributed by atoms with van der Waals surface area (Å²) in [5.41, 5.74) is 2.12. The minimum Gasteiger partial charge on any atom is -0.345 e. The molecule has 9 heteroatoms. The van der Waals surface area contributed by atoms with Gasteiger partial charge < -0.3 is 9.84 Å². The lowest BCUT2D eigenvalue weighted by Crippen LogP contribution is -2.40. The van der Waals surface area contributed by atoms with E-state index in [1.165, 1.54) is 0 Å². The Hall–Kier alpha value is -3.20. The zero-order chi connectivity index (χ0) is 20.1. The number of benzene rings is 2. The molecular weight excluding hydrogens is 380 g/mol. The first-order valence-corrected chi connectivity index (χ1v) is 10.4. The molecule has 1 aromatic heterocycles. The van der Waals surface area contributed by atoms with Crippen LogP contribution in [0.1, 0.15) is 11.5 Å². The fourth-order valence-electron chi connectivity index (χ4n) is 2.57. The van der Waals surface area contributed by atoms with E-state index in [1.54, 1.807) is 18.2 Å². The summed E-state index contributed by atoms with van der Waals surface area (Å²) in [7, 11) is -3.62. The quantitative estimate of drug-likeness (QED) is 0.651. The van der Waals surface area contributed by atoms with Crippen molar-refractivity contribution in [1.82, 2.24) is 15.5 Å². The number of carbonyl (C=O) groups is 1. The normalized spacial score (nSPS) is 11.2. The Labute approximate surface area is 163 Å². The predicted molar refractivity (Wildman–Crippen MR) is 105 cm³/mol. The summed E-state index contributed by atoms with van der Waals surface area (Å²) in [5.74, 6) is 0.169. The molecule has 8 nitrogen and oxygen atoms in total. The maximum absolute atomic E-state index is 12.3. The molecule has 1 amide bonds. The van der Waals surface area contributed by atoms with Crippen LogP contribution < -0.4 is 9.62 Å². The lowest BCUT2D eigenvalue weighted by atomic mass is 10.2. The first-order valence-electron chi connectivity index (χ1n) is 8.52. The molecule has 2 aromatic carbocycles. The van der Waals surface area contributed by atoms with Gasteiger partial charge in [0.1, 0.15) is 6.54 Å². The molecule has 0 unspecified atom stereocenters. The van der Waals surface area contributed by atoms with Crippen LogP contribution in [0.5, 0.6) is 0 Å². The van der Waals surface area contributed by atoms with Crippen molar-refractivity contribution in [1.29, 1.82) is 0 Å². The zero-order valence-corrected chi connectivity index (χ0v) is 16.3. The molecule has 0 aliphatic carbocycles. The summed E-state index contributed by atoms with van der Waals surface area (Å²) in [6.07, 6.45) is 1.06. The number of nitrogens with one attached hydrogen (secondary N) is 1. The molecule has 0 radical (unpaired) electrons. The van der Waals surface area contributed by atoms with E-state index >= 15 is 0 Å². The molecule has 0 atom stereocenters. The maximum Gasteiger partial charge on any atom is 0.246 e. The zero-order valence-electron chi connectivity index (χ0n) is 15.5. The van der Waals surface area contributed by atoms with Crippen LogP contribution in [0.2, 0.25) is 0 Å². The number of carbonyl (C=O) groups excluding carboxylic acids is 1. The summed E-state index contributed by atoms with van der Waals surface area (Å²) in [5, 5.41) is 6.49. The van der Waals surface area contributed by atoms with Crippen LogP contribution in [0.3, 0.4) is 0 Å². The van der Waals surface area contributed by atoms with Crippen LogP contribution >= 0.6 is 0 Å². The van der Waals surface area contributed by atoms with Crippen molar-refractivity contribution in [2.75, 3.05) is 17.1 Å². The monoisotopic (exact) mass is 400 g/mol. The minimum atomic E-state index is -3.62. The van der Waals surface area contributed by atoms with Crippen molar-refractivity contribution in [3.63, 3.8) is 0 Å². The van der Waals surface area contributed by atoms with Gasteiger partial charge in [0.2, 0.25) is 27.6 Å². The summed E-state index contributed by atoms with van der Waals surface area (Å²) < 4.78 is 30.4. The molecule has 0 saturated heterocycles. The van der Waals surface area contributed by atoms with E-state index in [0.717, 1.165) is 21.7 Å². The van der Waals surface area contributed by atoms with Crippen LogP contribution in [0.25, 0.3) is 11.4 Å². The van der Waals surface area contributed by atoms with Crippen LogP contribution in [0.15, 0.2) is 59.1 Å². The number of amides is 1. The van der Waals surface area contributed by atoms with Gasteiger partial charge in [-0.3, -0.25) is 9.10 Å². The van der Waals surface area contributed by atoms with E-state index in [2.05, 4.69) is 15.5 Å². The Bertz CT molecular complexity index is 1060. The third-order valence-corrected chi connectivity index (χ3v) is 5.05. The molecule has 1 N–H and O–H groups in total. The molecular formula is C19H20N4O4S. The van der Waals surface area contributed by atoms with Crippen LogP contribution in [-0.4, -0.2) is 37.3 Å². The predicted octanol–water partition coefficient (Wildman–Crippen LogP) is 2.13. The summed E-state index contributed by atoms with van der Waals surface area (Å²) in [4.78, 5) is 16.5. The molecule has 0 aliphatic rings. The topological polar surface area (TPSA) is 105 Å². The van der Waals surface area contributed by atoms with Crippen molar-refractivity contribution in [2.45, 2.75) is 13.5 Å². The lowest BCUT2D eigenvalue weighted by molar-refractivity contribution is -0.119. The van der Waals surface area contributed by atoms with Gasteiger partial charge in [-0.1, -0.05) is 47.6 Å². The third kappa shape index (κ3) is 4.95. The van der Waals surface area contributed by atoms with Gasteiger partial charge in [0.15, 0.2) is 0 Å². The molecule has 0 bridgehead atoms. The molecule has 1 heterocycles. The Balaban J connectivity index is 1.65. The molecule has 146 valence electrons. The lowest BCUT2D eigenvalue weighted by Gasteiger charge is -2.22. The fourth-order valence-corrected chi connectivity index (χ4v) is 3.42. The Morgan fingerprint density at radius 3 is 2.57 bits per heavy atom. The molecule has 28 heavy (non-hydrogen) atoms. The Morgan fingerprint density at radius 2 is 1.89 bits per heavy atom. The van der Waals surface area contributed by atoms with E-state index < -0.39 is 15.9 Å². The smallest absolute Gasteiger partial charge is 0.246 e. The van der Waals surface area contributed by atoms with Crippen LogP contribution in [0, 0.1) is 6.92 Å². The number of aryl methyl sites for hydroxylation is 1. The van der Waals surface area contributed by atoms with E-state index in [1.807, 2.05) is 43.3 Å². The average molecular weight is 400 g/mol. The van der Waals surface area contributed by atoms with E-state index in [-0.39, 0.29) is 19.0 Å². The van der Waals surface area contributed by atoms with Crippen molar-refractivity contribution in [2.24, 2.45) is 0 Å². The standard InChI is InChI=1S/C19H20N4O4S/c1-14-7-6-10-16(11-14)23(28(2,25)26)13-17(24)20-12-18-21-19(22-27-18)15-8-4-3-5-9-15/h3-11H,12-13H2,1-2H3,(H,20,24). The van der Waals surface area contributed by atoms with Gasteiger partial charge in [0, 0.05) is 5.56 Å². The third-order valence-electron chi connectivity index (χ3n) is 3.91. The van der Waals surface area contributed by atoms with Crippen molar-refractivity contribution in [3.8, 4) is 11.4 Å². The molecule has 3 rings (SSSR count).